The topological polar surface area (TPSA) is 85.6 Å². The van der Waals surface area contributed by atoms with Crippen molar-refractivity contribution in [2.24, 2.45) is 0 Å². The van der Waals surface area contributed by atoms with Crippen molar-refractivity contribution in [2.45, 2.75) is 25.8 Å². The molecule has 5 rings (SSSR count). The maximum absolute atomic E-state index is 13.6. The summed E-state index contributed by atoms with van der Waals surface area (Å²) >= 11 is 1.61. The highest BCUT2D eigenvalue weighted by Crippen LogP contribution is 2.27. The standard InChI is InChI=1S/C27H24N6OS/c1-18(2)25-21(17-30-33(25)27-29-15-12-22(31-27)23-9-6-16-35-23)26(34)32-24(19-7-4-3-5-8-19)20-10-13-28-14-11-20/h3-18,24H,1-2H3,(H,32,34)/t24-/m1/s1. The Labute approximate surface area is 207 Å². The molecule has 0 aliphatic carbocycles. The number of aromatic nitrogens is 5. The minimum atomic E-state index is -0.325. The quantitative estimate of drug-likeness (QED) is 0.336. The van der Waals surface area contributed by atoms with Gasteiger partial charge in [0.05, 0.1) is 34.1 Å². The molecule has 0 bridgehead atoms. The third-order valence-corrected chi connectivity index (χ3v) is 6.54. The molecule has 8 heteroatoms. The number of hydrogen-bond donors (Lipinski definition) is 1. The molecule has 0 aliphatic heterocycles. The van der Waals surface area contributed by atoms with Crippen LogP contribution in [0.4, 0.5) is 0 Å². The summed E-state index contributed by atoms with van der Waals surface area (Å²) in [5.74, 6) is 0.246. The lowest BCUT2D eigenvalue weighted by atomic mass is 9.98. The lowest BCUT2D eigenvalue weighted by molar-refractivity contribution is 0.0941. The summed E-state index contributed by atoms with van der Waals surface area (Å²) in [7, 11) is 0. The van der Waals surface area contributed by atoms with Crippen LogP contribution in [0, 0.1) is 0 Å². The molecular formula is C27H24N6OS. The molecule has 5 aromatic rings. The first kappa shape index (κ1) is 22.6. The van der Waals surface area contributed by atoms with Gasteiger partial charge in [-0.25, -0.2) is 14.6 Å². The van der Waals surface area contributed by atoms with E-state index in [-0.39, 0.29) is 17.9 Å². The summed E-state index contributed by atoms with van der Waals surface area (Å²) in [6.07, 6.45) is 6.78. The molecule has 174 valence electrons. The number of carbonyl (C=O) groups is 1. The van der Waals surface area contributed by atoms with Crippen LogP contribution in [-0.2, 0) is 0 Å². The summed E-state index contributed by atoms with van der Waals surface area (Å²) < 4.78 is 1.67. The zero-order valence-corrected chi connectivity index (χ0v) is 20.2. The maximum Gasteiger partial charge on any atom is 0.255 e. The van der Waals surface area contributed by atoms with Crippen LogP contribution in [0.15, 0.2) is 90.8 Å². The number of nitrogens with zero attached hydrogens (tertiary/aromatic N) is 5. The van der Waals surface area contributed by atoms with E-state index in [1.165, 1.54) is 0 Å². The number of hydrogen-bond acceptors (Lipinski definition) is 6. The summed E-state index contributed by atoms with van der Waals surface area (Å²) in [5.41, 5.74) is 4.01. The van der Waals surface area contributed by atoms with Crippen LogP contribution in [0.1, 0.15) is 53.0 Å². The molecule has 0 unspecified atom stereocenters. The summed E-state index contributed by atoms with van der Waals surface area (Å²) in [4.78, 5) is 27.9. The van der Waals surface area contributed by atoms with Gasteiger partial charge in [0.1, 0.15) is 0 Å². The molecule has 0 saturated carbocycles. The molecule has 0 saturated heterocycles. The number of benzene rings is 1. The maximum atomic E-state index is 13.6. The third kappa shape index (κ3) is 4.74. The highest BCUT2D eigenvalue weighted by molar-refractivity contribution is 7.13. The molecule has 0 fully saturated rings. The SMILES string of the molecule is CC(C)c1c(C(=O)N[C@H](c2ccccc2)c2ccncc2)cnn1-c1nccc(-c2cccs2)n1. The second-order valence-corrected chi connectivity index (χ2v) is 9.27. The number of amides is 1. The van der Waals surface area contributed by atoms with Crippen LogP contribution in [-0.4, -0.2) is 30.6 Å². The van der Waals surface area contributed by atoms with Crippen LogP contribution >= 0.6 is 11.3 Å². The Hall–Kier alpha value is -4.17. The fourth-order valence-corrected chi connectivity index (χ4v) is 4.72. The van der Waals surface area contributed by atoms with Gasteiger partial charge in [-0.3, -0.25) is 9.78 Å². The number of rotatable bonds is 7. The van der Waals surface area contributed by atoms with Crippen molar-refractivity contribution in [1.29, 1.82) is 0 Å². The molecular weight excluding hydrogens is 456 g/mol. The van der Waals surface area contributed by atoms with Gasteiger partial charge in [-0.15, -0.1) is 11.3 Å². The van der Waals surface area contributed by atoms with E-state index in [9.17, 15) is 4.79 Å². The van der Waals surface area contributed by atoms with Gasteiger partial charge >= 0.3 is 0 Å². The minimum absolute atomic E-state index is 0.0170. The third-order valence-electron chi connectivity index (χ3n) is 5.65. The number of thiophene rings is 1. The zero-order chi connectivity index (χ0) is 24.2. The Morgan fingerprint density at radius 3 is 2.43 bits per heavy atom. The Morgan fingerprint density at radius 1 is 0.943 bits per heavy atom. The average molecular weight is 481 g/mol. The molecule has 0 radical (unpaired) electrons. The van der Waals surface area contributed by atoms with Gasteiger partial charge in [-0.2, -0.15) is 5.10 Å². The van der Waals surface area contributed by atoms with Gasteiger partial charge < -0.3 is 5.32 Å². The van der Waals surface area contributed by atoms with Crippen molar-refractivity contribution in [2.75, 3.05) is 0 Å². The molecule has 0 spiro atoms. The van der Waals surface area contributed by atoms with E-state index in [1.807, 2.05) is 79.9 Å². The van der Waals surface area contributed by atoms with Gasteiger partial charge in [0.25, 0.3) is 11.9 Å². The van der Waals surface area contributed by atoms with Crippen LogP contribution in [0.2, 0.25) is 0 Å². The lowest BCUT2D eigenvalue weighted by Crippen LogP contribution is -2.30. The first-order chi connectivity index (χ1) is 17.1. The predicted octanol–water partition coefficient (Wildman–Crippen LogP) is 5.43. The van der Waals surface area contributed by atoms with Gasteiger partial charge in [-0.05, 0) is 46.7 Å². The highest BCUT2D eigenvalue weighted by atomic mass is 32.1. The number of nitrogens with one attached hydrogen (secondary N) is 1. The first-order valence-electron chi connectivity index (χ1n) is 11.3. The minimum Gasteiger partial charge on any atom is -0.341 e. The molecule has 4 aromatic heterocycles. The normalized spacial score (nSPS) is 12.0. The van der Waals surface area contributed by atoms with E-state index in [4.69, 9.17) is 4.98 Å². The van der Waals surface area contributed by atoms with Crippen LogP contribution < -0.4 is 5.32 Å². The predicted molar refractivity (Wildman–Crippen MR) is 137 cm³/mol. The molecule has 1 N–H and O–H groups in total. The van der Waals surface area contributed by atoms with Crippen molar-refractivity contribution >= 4 is 17.2 Å². The Morgan fingerprint density at radius 2 is 1.71 bits per heavy atom. The Kier molecular flexibility index (Phi) is 6.45. The van der Waals surface area contributed by atoms with Gasteiger partial charge in [0.2, 0.25) is 0 Å². The summed E-state index contributed by atoms with van der Waals surface area (Å²) in [5, 5.41) is 9.74. The van der Waals surface area contributed by atoms with E-state index in [2.05, 4.69) is 20.4 Å². The van der Waals surface area contributed by atoms with Gasteiger partial charge in [0, 0.05) is 18.6 Å². The fourth-order valence-electron chi connectivity index (χ4n) is 4.03. The average Bonchev–Trinajstić information content (AvgIpc) is 3.59. The van der Waals surface area contributed by atoms with Crippen molar-refractivity contribution in [3.05, 3.63) is 113 Å². The molecule has 1 aromatic carbocycles. The van der Waals surface area contributed by atoms with Crippen molar-refractivity contribution in [3.63, 3.8) is 0 Å². The van der Waals surface area contributed by atoms with Gasteiger partial charge in [-0.1, -0.05) is 50.2 Å². The summed E-state index contributed by atoms with van der Waals surface area (Å²) in [6, 6.07) is 19.3. The zero-order valence-electron chi connectivity index (χ0n) is 19.4. The van der Waals surface area contributed by atoms with E-state index >= 15 is 0 Å². The van der Waals surface area contributed by atoms with E-state index in [1.54, 1.807) is 40.8 Å². The van der Waals surface area contributed by atoms with E-state index in [0.717, 1.165) is 27.4 Å². The monoisotopic (exact) mass is 480 g/mol. The highest BCUT2D eigenvalue weighted by Gasteiger charge is 2.25. The smallest absolute Gasteiger partial charge is 0.255 e. The largest absolute Gasteiger partial charge is 0.341 e. The molecule has 35 heavy (non-hydrogen) atoms. The van der Waals surface area contributed by atoms with Crippen molar-refractivity contribution < 1.29 is 4.79 Å². The number of carbonyl (C=O) groups excluding carboxylic acids is 1. The van der Waals surface area contributed by atoms with Crippen LogP contribution in [0.25, 0.3) is 16.5 Å². The van der Waals surface area contributed by atoms with Crippen molar-refractivity contribution in [1.82, 2.24) is 30.0 Å². The molecule has 1 atom stereocenters. The number of pyridine rings is 1. The first-order valence-corrected chi connectivity index (χ1v) is 12.2. The molecule has 4 heterocycles. The van der Waals surface area contributed by atoms with E-state index in [0.29, 0.717) is 11.5 Å². The van der Waals surface area contributed by atoms with E-state index < -0.39 is 0 Å². The Balaban J connectivity index is 1.51. The van der Waals surface area contributed by atoms with Crippen LogP contribution in [0.5, 0.6) is 0 Å². The van der Waals surface area contributed by atoms with Crippen molar-refractivity contribution in [3.8, 4) is 16.5 Å². The summed E-state index contributed by atoms with van der Waals surface area (Å²) in [6.45, 7) is 4.07. The second kappa shape index (κ2) is 9.99. The lowest BCUT2D eigenvalue weighted by Gasteiger charge is -2.20. The van der Waals surface area contributed by atoms with Crippen LogP contribution in [0.3, 0.4) is 0 Å². The Bertz CT molecular complexity index is 1380. The van der Waals surface area contributed by atoms with Gasteiger partial charge in [0.15, 0.2) is 0 Å². The fraction of sp³-hybridized carbons (Fsp3) is 0.148. The molecule has 1 amide bonds. The molecule has 7 nitrogen and oxygen atoms in total. The second-order valence-electron chi connectivity index (χ2n) is 8.33. The molecule has 0 aliphatic rings.